The zero-order valence-corrected chi connectivity index (χ0v) is 43.3. The standard InChI is InChI=1S/C74H56N2/c1-73(2)69-28-14-13-27-65(69)67-42-34-56-47-61(39-43-64(56)72(67)73)75(57-22-7-5-8-23-57)59-35-29-49(30-36-59)52-18-15-20-54(45-52)55-21-16-19-53(46-55)50-31-37-60(38-32-50)76(58-24-9-6-10-25-58)62-40-44-66-68-41-33-51-17-11-12-26-63(51)71(68)74(3,4)70(66)48-62/h5-48H,1-4H3. The van der Waals surface area contributed by atoms with E-state index < -0.39 is 0 Å². The van der Waals surface area contributed by atoms with Crippen molar-refractivity contribution in [3.63, 3.8) is 0 Å². The molecule has 2 aliphatic carbocycles. The number of hydrogen-bond donors (Lipinski definition) is 0. The molecule has 0 aliphatic heterocycles. The van der Waals surface area contributed by atoms with Crippen LogP contribution in [0.3, 0.4) is 0 Å². The van der Waals surface area contributed by atoms with Gasteiger partial charge in [-0.25, -0.2) is 0 Å². The van der Waals surface area contributed by atoms with E-state index in [0.29, 0.717) is 0 Å². The summed E-state index contributed by atoms with van der Waals surface area (Å²) < 4.78 is 0. The second kappa shape index (κ2) is 17.7. The van der Waals surface area contributed by atoms with Crippen molar-refractivity contribution >= 4 is 55.7 Å². The predicted molar refractivity (Wildman–Crippen MR) is 322 cm³/mol. The van der Waals surface area contributed by atoms with Gasteiger partial charge in [0, 0.05) is 45.0 Å². The van der Waals surface area contributed by atoms with E-state index in [1.54, 1.807) is 0 Å². The van der Waals surface area contributed by atoms with Crippen molar-refractivity contribution in [1.29, 1.82) is 0 Å². The van der Waals surface area contributed by atoms with Crippen molar-refractivity contribution in [3.8, 4) is 55.6 Å². The van der Waals surface area contributed by atoms with Crippen LogP contribution in [0.15, 0.2) is 267 Å². The molecule has 0 saturated carbocycles. The summed E-state index contributed by atoms with van der Waals surface area (Å²) in [6, 6.07) is 98.5. The monoisotopic (exact) mass is 972 g/mol. The summed E-state index contributed by atoms with van der Waals surface area (Å²) in [5, 5.41) is 5.19. The van der Waals surface area contributed by atoms with Gasteiger partial charge in [-0.05, 0) is 184 Å². The van der Waals surface area contributed by atoms with Gasteiger partial charge in [-0.3, -0.25) is 0 Å². The maximum absolute atomic E-state index is 2.42. The first-order chi connectivity index (χ1) is 37.2. The first-order valence-electron chi connectivity index (χ1n) is 26.7. The zero-order valence-electron chi connectivity index (χ0n) is 43.3. The summed E-state index contributed by atoms with van der Waals surface area (Å²) in [6.45, 7) is 9.50. The zero-order chi connectivity index (χ0) is 51.1. The minimum absolute atomic E-state index is 0.0747. The van der Waals surface area contributed by atoms with Crippen molar-refractivity contribution in [2.24, 2.45) is 0 Å². The van der Waals surface area contributed by atoms with Crippen LogP contribution in [-0.4, -0.2) is 0 Å². The SMILES string of the molecule is CC1(C)c2cc(N(c3ccccc3)c3ccc(-c4cccc(-c5cccc(-c6ccc(N(c7ccccc7)c7ccc8c9c(ccc8c7)-c7ccccc7C9(C)C)cc6)c5)c4)cc3)ccc2-c2ccc3ccccc3c21. The molecule has 14 rings (SSSR count). The van der Waals surface area contributed by atoms with Crippen molar-refractivity contribution < 1.29 is 0 Å². The minimum atomic E-state index is -0.152. The molecule has 0 saturated heterocycles. The van der Waals surface area contributed by atoms with E-state index in [1.165, 1.54) is 99.4 Å². The third-order valence-corrected chi connectivity index (χ3v) is 16.6. The van der Waals surface area contributed by atoms with Gasteiger partial charge in [-0.1, -0.05) is 210 Å². The average Bonchev–Trinajstić information content (AvgIpc) is 4.05. The van der Waals surface area contributed by atoms with Gasteiger partial charge in [0.2, 0.25) is 0 Å². The normalized spacial score (nSPS) is 13.5. The van der Waals surface area contributed by atoms with Gasteiger partial charge in [0.15, 0.2) is 0 Å². The molecule has 0 N–H and O–H groups in total. The fourth-order valence-corrected chi connectivity index (χ4v) is 12.9. The number of nitrogens with zero attached hydrogens (tertiary/aromatic N) is 2. The molecule has 0 fully saturated rings. The molecule has 2 aliphatic rings. The summed E-state index contributed by atoms with van der Waals surface area (Å²) in [7, 11) is 0. The number of anilines is 6. The molecule has 0 radical (unpaired) electrons. The van der Waals surface area contributed by atoms with Gasteiger partial charge in [0.25, 0.3) is 0 Å². The Morgan fingerprint density at radius 1 is 0.237 bits per heavy atom. The molecule has 76 heavy (non-hydrogen) atoms. The molecule has 12 aromatic rings. The molecule has 0 unspecified atom stereocenters. The molecule has 0 aromatic heterocycles. The van der Waals surface area contributed by atoms with E-state index in [2.05, 4.69) is 304 Å². The van der Waals surface area contributed by atoms with Crippen LogP contribution in [-0.2, 0) is 10.8 Å². The van der Waals surface area contributed by atoms with E-state index in [4.69, 9.17) is 0 Å². The Kier molecular flexibility index (Phi) is 10.6. The second-order valence-corrected chi connectivity index (χ2v) is 21.7. The number of para-hydroxylation sites is 2. The molecule has 0 heterocycles. The fraction of sp³-hybridized carbons (Fsp3) is 0.0811. The smallest absolute Gasteiger partial charge is 0.0468 e. The second-order valence-electron chi connectivity index (χ2n) is 21.7. The molecule has 0 atom stereocenters. The Hall–Kier alpha value is -9.24. The maximum Gasteiger partial charge on any atom is 0.0468 e. The van der Waals surface area contributed by atoms with Gasteiger partial charge in [0.05, 0.1) is 0 Å². The Bertz CT molecular complexity index is 4210. The number of hydrogen-bond acceptors (Lipinski definition) is 2. The molecule has 0 bridgehead atoms. The van der Waals surface area contributed by atoms with E-state index in [0.717, 1.165) is 34.1 Å². The highest BCUT2D eigenvalue weighted by molar-refractivity contribution is 6.01. The number of rotatable bonds is 9. The molecule has 12 aromatic carbocycles. The highest BCUT2D eigenvalue weighted by Gasteiger charge is 2.38. The van der Waals surface area contributed by atoms with Gasteiger partial charge in [-0.2, -0.15) is 0 Å². The Morgan fingerprint density at radius 2 is 0.645 bits per heavy atom. The van der Waals surface area contributed by atoms with Crippen LogP contribution in [0.4, 0.5) is 34.1 Å². The first-order valence-corrected chi connectivity index (χ1v) is 26.7. The van der Waals surface area contributed by atoms with Crippen LogP contribution in [0.25, 0.3) is 77.2 Å². The number of fused-ring (bicyclic) bond motifs is 10. The largest absolute Gasteiger partial charge is 0.310 e. The molecule has 2 heteroatoms. The Balaban J connectivity index is 0.745. The van der Waals surface area contributed by atoms with Gasteiger partial charge < -0.3 is 9.80 Å². The Labute approximate surface area is 446 Å². The third kappa shape index (κ3) is 7.39. The quantitative estimate of drug-likeness (QED) is 0.142. The Morgan fingerprint density at radius 3 is 1.24 bits per heavy atom. The lowest BCUT2D eigenvalue weighted by Gasteiger charge is -2.28. The minimum Gasteiger partial charge on any atom is -0.310 e. The number of benzene rings is 12. The topological polar surface area (TPSA) is 6.48 Å². The molecular formula is C74H56N2. The van der Waals surface area contributed by atoms with E-state index in [-0.39, 0.29) is 10.8 Å². The van der Waals surface area contributed by atoms with Crippen LogP contribution >= 0.6 is 0 Å². The highest BCUT2D eigenvalue weighted by atomic mass is 15.1. The van der Waals surface area contributed by atoms with E-state index >= 15 is 0 Å². The van der Waals surface area contributed by atoms with Gasteiger partial charge in [-0.15, -0.1) is 0 Å². The van der Waals surface area contributed by atoms with Crippen LogP contribution in [0.5, 0.6) is 0 Å². The van der Waals surface area contributed by atoms with Gasteiger partial charge >= 0.3 is 0 Å². The van der Waals surface area contributed by atoms with Crippen molar-refractivity contribution in [2.75, 3.05) is 9.80 Å². The molecule has 2 nitrogen and oxygen atoms in total. The lowest BCUT2D eigenvalue weighted by molar-refractivity contribution is 0.666. The summed E-state index contributed by atoms with van der Waals surface area (Å²) in [5.74, 6) is 0. The summed E-state index contributed by atoms with van der Waals surface area (Å²) >= 11 is 0. The third-order valence-electron chi connectivity index (χ3n) is 16.6. The maximum atomic E-state index is 2.42. The van der Waals surface area contributed by atoms with Crippen molar-refractivity contribution in [3.05, 3.63) is 289 Å². The first kappa shape index (κ1) is 45.4. The predicted octanol–water partition coefficient (Wildman–Crippen LogP) is 20.5. The fourth-order valence-electron chi connectivity index (χ4n) is 12.9. The van der Waals surface area contributed by atoms with Crippen molar-refractivity contribution in [2.45, 2.75) is 38.5 Å². The highest BCUT2D eigenvalue weighted by Crippen LogP contribution is 2.54. The van der Waals surface area contributed by atoms with Gasteiger partial charge in [0.1, 0.15) is 0 Å². The van der Waals surface area contributed by atoms with Crippen molar-refractivity contribution in [1.82, 2.24) is 0 Å². The van der Waals surface area contributed by atoms with Crippen LogP contribution < -0.4 is 9.80 Å². The average molecular weight is 973 g/mol. The summed E-state index contributed by atoms with van der Waals surface area (Å²) in [5.41, 5.74) is 24.6. The summed E-state index contributed by atoms with van der Waals surface area (Å²) in [6.07, 6.45) is 0. The van der Waals surface area contributed by atoms with Crippen LogP contribution in [0.1, 0.15) is 49.9 Å². The molecular weight excluding hydrogens is 917 g/mol. The molecule has 0 spiro atoms. The lowest BCUT2D eigenvalue weighted by Crippen LogP contribution is -2.17. The van der Waals surface area contributed by atoms with E-state index in [9.17, 15) is 0 Å². The molecule has 0 amide bonds. The van der Waals surface area contributed by atoms with Crippen LogP contribution in [0.2, 0.25) is 0 Å². The molecule has 362 valence electrons. The van der Waals surface area contributed by atoms with Crippen LogP contribution in [0, 0.1) is 0 Å². The lowest BCUT2D eigenvalue weighted by atomic mass is 9.80. The summed E-state index contributed by atoms with van der Waals surface area (Å²) in [4.78, 5) is 4.76. The van der Waals surface area contributed by atoms with E-state index in [1.807, 2.05) is 0 Å².